The highest BCUT2D eigenvalue weighted by atomic mass is 79.9. The first kappa shape index (κ1) is 23.0. The molecular formula is C21H12Br2FNO5S. The number of sulfone groups is 1. The first-order chi connectivity index (χ1) is 14.6. The number of nitro groups is 1. The first-order valence-electron chi connectivity index (χ1n) is 8.56. The molecule has 0 aliphatic carbocycles. The molecule has 10 heteroatoms. The van der Waals surface area contributed by atoms with Gasteiger partial charge in [0, 0.05) is 20.6 Å². The fraction of sp³-hybridized carbons (Fsp3) is 0. The topological polar surface area (TPSA) is 94.3 Å². The molecule has 0 fully saturated rings. The van der Waals surface area contributed by atoms with Crippen molar-refractivity contribution in [3.05, 3.63) is 108 Å². The Kier molecular flexibility index (Phi) is 6.83. The summed E-state index contributed by atoms with van der Waals surface area (Å²) >= 11 is 6.47. The van der Waals surface area contributed by atoms with Crippen molar-refractivity contribution >= 4 is 59.2 Å². The van der Waals surface area contributed by atoms with Crippen LogP contribution in [0.5, 0.6) is 0 Å². The lowest BCUT2D eigenvalue weighted by molar-refractivity contribution is -0.387. The van der Waals surface area contributed by atoms with Crippen molar-refractivity contribution in [3.63, 3.8) is 0 Å². The highest BCUT2D eigenvalue weighted by Gasteiger charge is 2.28. The van der Waals surface area contributed by atoms with E-state index >= 15 is 0 Å². The summed E-state index contributed by atoms with van der Waals surface area (Å²) < 4.78 is 41.6. The number of carbonyl (C=O) groups excluding carboxylic acids is 1. The number of Topliss-reactive ketones (excluding diaryl/α,β-unsaturated/α-hetero) is 1. The Morgan fingerprint density at radius 1 is 0.935 bits per heavy atom. The van der Waals surface area contributed by atoms with Gasteiger partial charge in [0.1, 0.15) is 4.91 Å². The third kappa shape index (κ3) is 5.15. The third-order valence-corrected chi connectivity index (χ3v) is 7.04. The highest BCUT2D eigenvalue weighted by Crippen LogP contribution is 2.28. The second-order valence-electron chi connectivity index (χ2n) is 6.27. The molecule has 0 amide bonds. The maximum atomic E-state index is 13.7. The highest BCUT2D eigenvalue weighted by molar-refractivity contribution is 9.10. The van der Waals surface area contributed by atoms with Gasteiger partial charge in [-0.15, -0.1) is 0 Å². The summed E-state index contributed by atoms with van der Waals surface area (Å²) in [6.45, 7) is 0. The van der Waals surface area contributed by atoms with E-state index in [1.165, 1.54) is 36.4 Å². The minimum absolute atomic E-state index is 0.00533. The van der Waals surface area contributed by atoms with Crippen LogP contribution in [-0.4, -0.2) is 19.1 Å². The van der Waals surface area contributed by atoms with Crippen LogP contribution in [0.1, 0.15) is 15.9 Å². The second kappa shape index (κ2) is 9.21. The molecule has 0 aliphatic heterocycles. The fourth-order valence-electron chi connectivity index (χ4n) is 2.66. The normalized spacial score (nSPS) is 11.9. The molecule has 0 bridgehead atoms. The van der Waals surface area contributed by atoms with E-state index in [1.807, 2.05) is 0 Å². The number of allylic oxidation sites excluding steroid dienone is 1. The van der Waals surface area contributed by atoms with Crippen molar-refractivity contribution in [3.8, 4) is 0 Å². The van der Waals surface area contributed by atoms with Gasteiger partial charge in [-0.05, 0) is 66.2 Å². The number of carbonyl (C=O) groups is 1. The zero-order chi connectivity index (χ0) is 22.8. The van der Waals surface area contributed by atoms with Crippen molar-refractivity contribution in [2.45, 2.75) is 4.90 Å². The lowest BCUT2D eigenvalue weighted by Gasteiger charge is -2.10. The van der Waals surface area contributed by atoms with E-state index in [2.05, 4.69) is 31.9 Å². The molecule has 0 heterocycles. The molecule has 3 aromatic rings. The molecule has 0 N–H and O–H groups in total. The van der Waals surface area contributed by atoms with Crippen molar-refractivity contribution in [1.29, 1.82) is 0 Å². The second-order valence-corrected chi connectivity index (χ2v) is 10.0. The molecule has 0 saturated carbocycles. The summed E-state index contributed by atoms with van der Waals surface area (Å²) in [6, 6.07) is 14.6. The van der Waals surface area contributed by atoms with Crippen molar-refractivity contribution < 1.29 is 22.5 Å². The predicted molar refractivity (Wildman–Crippen MR) is 121 cm³/mol. The van der Waals surface area contributed by atoms with Gasteiger partial charge in [0.2, 0.25) is 21.4 Å². The number of hydrogen-bond donors (Lipinski definition) is 0. The van der Waals surface area contributed by atoms with Gasteiger partial charge < -0.3 is 0 Å². The summed E-state index contributed by atoms with van der Waals surface area (Å²) in [5, 5.41) is 11.0. The molecule has 31 heavy (non-hydrogen) atoms. The molecule has 0 atom stereocenters. The average molecular weight is 569 g/mol. The summed E-state index contributed by atoms with van der Waals surface area (Å²) in [6.07, 6.45) is 1.01. The number of rotatable bonds is 6. The standard InChI is InChI=1S/C21H12Br2FNO5S/c22-15-4-2-14(3-5-15)21(26)20(31(29,30)17-8-6-16(23)7-9-17)12-13-1-10-18(24)19(11-13)25(27)28/h1-12H/b20-12+. The van der Waals surface area contributed by atoms with Crippen molar-refractivity contribution in [2.75, 3.05) is 0 Å². The van der Waals surface area contributed by atoms with Crippen LogP contribution >= 0.6 is 31.9 Å². The molecule has 6 nitrogen and oxygen atoms in total. The van der Waals surface area contributed by atoms with Crippen LogP contribution in [0.4, 0.5) is 10.1 Å². The number of ketones is 1. The Morgan fingerprint density at radius 2 is 1.48 bits per heavy atom. The fourth-order valence-corrected chi connectivity index (χ4v) is 4.59. The van der Waals surface area contributed by atoms with Crippen LogP contribution in [0.25, 0.3) is 6.08 Å². The lowest BCUT2D eigenvalue weighted by atomic mass is 10.1. The molecule has 0 radical (unpaired) electrons. The minimum atomic E-state index is -4.30. The largest absolute Gasteiger partial charge is 0.305 e. The van der Waals surface area contributed by atoms with Gasteiger partial charge in [-0.25, -0.2) is 8.42 Å². The smallest absolute Gasteiger partial charge is 0.288 e. The van der Waals surface area contributed by atoms with E-state index in [0.29, 0.717) is 8.95 Å². The zero-order valence-corrected chi connectivity index (χ0v) is 19.4. The first-order valence-corrected chi connectivity index (χ1v) is 11.6. The van der Waals surface area contributed by atoms with E-state index in [0.717, 1.165) is 24.3 Å². The van der Waals surface area contributed by atoms with Gasteiger partial charge in [0.15, 0.2) is 0 Å². The zero-order valence-electron chi connectivity index (χ0n) is 15.5. The Labute approximate surface area is 193 Å². The van der Waals surface area contributed by atoms with Gasteiger partial charge in [0.05, 0.1) is 9.82 Å². The van der Waals surface area contributed by atoms with Gasteiger partial charge in [-0.3, -0.25) is 14.9 Å². The van der Waals surface area contributed by atoms with Crippen LogP contribution < -0.4 is 0 Å². The van der Waals surface area contributed by atoms with Gasteiger partial charge in [-0.2, -0.15) is 4.39 Å². The van der Waals surface area contributed by atoms with E-state index < -0.39 is 37.0 Å². The van der Waals surface area contributed by atoms with Crippen LogP contribution in [0.3, 0.4) is 0 Å². The minimum Gasteiger partial charge on any atom is -0.288 e. The summed E-state index contributed by atoms with van der Waals surface area (Å²) in [5.74, 6) is -1.87. The average Bonchev–Trinajstić information content (AvgIpc) is 2.73. The van der Waals surface area contributed by atoms with E-state index in [9.17, 15) is 27.7 Å². The Bertz CT molecular complexity index is 1300. The number of nitrogens with zero attached hydrogens (tertiary/aromatic N) is 1. The number of halogens is 3. The van der Waals surface area contributed by atoms with E-state index in [1.54, 1.807) is 12.1 Å². The quantitative estimate of drug-likeness (QED) is 0.158. The number of benzene rings is 3. The molecular weight excluding hydrogens is 557 g/mol. The monoisotopic (exact) mass is 567 g/mol. The molecule has 0 aliphatic rings. The van der Waals surface area contributed by atoms with Gasteiger partial charge in [0.25, 0.3) is 0 Å². The van der Waals surface area contributed by atoms with E-state index in [4.69, 9.17) is 0 Å². The molecule has 158 valence electrons. The number of hydrogen-bond acceptors (Lipinski definition) is 5. The third-order valence-electron chi connectivity index (χ3n) is 4.21. The van der Waals surface area contributed by atoms with Crippen LogP contribution in [0.2, 0.25) is 0 Å². The number of nitro benzene ring substituents is 1. The Hall–Kier alpha value is -2.69. The van der Waals surface area contributed by atoms with Crippen molar-refractivity contribution in [2.24, 2.45) is 0 Å². The molecule has 3 aromatic carbocycles. The van der Waals surface area contributed by atoms with Crippen LogP contribution in [-0.2, 0) is 9.84 Å². The maximum absolute atomic E-state index is 13.7. The summed E-state index contributed by atoms with van der Waals surface area (Å²) in [5.41, 5.74) is -0.730. The summed E-state index contributed by atoms with van der Waals surface area (Å²) in [7, 11) is -4.30. The Balaban J connectivity index is 2.21. The Morgan fingerprint density at radius 3 is 2.03 bits per heavy atom. The van der Waals surface area contributed by atoms with Gasteiger partial charge >= 0.3 is 5.69 Å². The van der Waals surface area contributed by atoms with Crippen LogP contribution in [0, 0.1) is 15.9 Å². The molecule has 0 unspecified atom stereocenters. The molecule has 0 saturated heterocycles. The molecule has 0 spiro atoms. The SMILES string of the molecule is O=C(/C(=C\c1ccc(F)c([N+](=O)[O-])c1)S(=O)(=O)c1ccc(Br)cc1)c1ccc(Br)cc1. The molecule has 0 aromatic heterocycles. The lowest BCUT2D eigenvalue weighted by Crippen LogP contribution is -2.14. The van der Waals surface area contributed by atoms with Gasteiger partial charge in [-0.1, -0.05) is 37.9 Å². The molecule has 3 rings (SSSR count). The van der Waals surface area contributed by atoms with Crippen LogP contribution in [0.15, 0.2) is 85.5 Å². The predicted octanol–water partition coefficient (Wildman–Crippen LogP) is 5.96. The summed E-state index contributed by atoms with van der Waals surface area (Å²) in [4.78, 5) is 22.5. The van der Waals surface area contributed by atoms with E-state index in [-0.39, 0.29) is 16.0 Å². The van der Waals surface area contributed by atoms with Crippen molar-refractivity contribution in [1.82, 2.24) is 0 Å². The maximum Gasteiger partial charge on any atom is 0.305 e.